The van der Waals surface area contributed by atoms with Crippen molar-refractivity contribution in [3.8, 4) is 0 Å². The van der Waals surface area contributed by atoms with Crippen LogP contribution in [0.3, 0.4) is 0 Å². The van der Waals surface area contributed by atoms with Crippen molar-refractivity contribution in [1.29, 1.82) is 0 Å². The molecule has 0 fully saturated rings. The van der Waals surface area contributed by atoms with Crippen LogP contribution in [-0.4, -0.2) is 11.5 Å². The minimum absolute atomic E-state index is 0.127. The number of carbonyl (C=O) groups excluding carboxylic acids is 1. The van der Waals surface area contributed by atoms with Crippen LogP contribution in [-0.2, 0) is 4.79 Å². The van der Waals surface area contributed by atoms with Gasteiger partial charge in [-0.15, -0.1) is 11.8 Å². The highest BCUT2D eigenvalue weighted by molar-refractivity contribution is 8.03. The number of rotatable bonds is 1. The Morgan fingerprint density at radius 3 is 2.77 bits per heavy atom. The van der Waals surface area contributed by atoms with Crippen LogP contribution in [0.5, 0.6) is 0 Å². The van der Waals surface area contributed by atoms with E-state index in [1.54, 1.807) is 17.8 Å². The molecule has 0 spiro atoms. The van der Waals surface area contributed by atoms with Crippen LogP contribution < -0.4 is 5.32 Å². The van der Waals surface area contributed by atoms with E-state index in [2.05, 4.69) is 5.32 Å². The molecule has 0 amide bonds. The summed E-state index contributed by atoms with van der Waals surface area (Å²) in [5.41, 5.74) is 3.55. The van der Waals surface area contributed by atoms with Gasteiger partial charge in [0.25, 0.3) is 0 Å². The zero-order valence-corrected chi connectivity index (χ0v) is 12.7. The number of hydrogen-bond donors (Lipinski definition) is 1. The van der Waals surface area contributed by atoms with Crippen molar-refractivity contribution in [3.05, 3.63) is 57.3 Å². The summed E-state index contributed by atoms with van der Waals surface area (Å²) in [7, 11) is 0. The molecule has 1 aromatic carbocycles. The Morgan fingerprint density at radius 1 is 1.09 bits per heavy atom. The van der Waals surface area contributed by atoms with Crippen molar-refractivity contribution in [2.75, 3.05) is 5.75 Å². The highest BCUT2D eigenvalue weighted by Gasteiger charge is 2.38. The standard InChI is InChI=1S/C17H15F2NOS/c18-10-5-4-9(8-11(10)19)15-16-12(2-1-3-14(16)21)20-13-6-7-22-17(13)15/h4-5,8,15,20H,1-3,6-7H2. The third-order valence-electron chi connectivity index (χ3n) is 4.49. The molecule has 5 heteroatoms. The molecular formula is C17H15F2NOS. The maximum atomic E-state index is 13.7. The van der Waals surface area contributed by atoms with Crippen LogP contribution in [0.4, 0.5) is 8.78 Å². The summed E-state index contributed by atoms with van der Waals surface area (Å²) in [6.45, 7) is 0. The third kappa shape index (κ3) is 2.10. The van der Waals surface area contributed by atoms with Gasteiger partial charge >= 0.3 is 0 Å². The fourth-order valence-corrected chi connectivity index (χ4v) is 4.78. The highest BCUT2D eigenvalue weighted by atomic mass is 32.2. The van der Waals surface area contributed by atoms with Crippen LogP contribution in [0.25, 0.3) is 0 Å². The summed E-state index contributed by atoms with van der Waals surface area (Å²) in [5.74, 6) is -0.849. The number of hydrogen-bond acceptors (Lipinski definition) is 3. The Labute approximate surface area is 131 Å². The van der Waals surface area contributed by atoms with Gasteiger partial charge in [0, 0.05) is 40.0 Å². The first-order chi connectivity index (χ1) is 10.6. The topological polar surface area (TPSA) is 29.1 Å². The molecule has 0 saturated carbocycles. The molecule has 2 aliphatic heterocycles. The van der Waals surface area contributed by atoms with Gasteiger partial charge in [0.2, 0.25) is 0 Å². The summed E-state index contributed by atoms with van der Waals surface area (Å²) in [6.07, 6.45) is 3.17. The first-order valence-corrected chi connectivity index (χ1v) is 8.48. The molecule has 1 atom stereocenters. The van der Waals surface area contributed by atoms with E-state index >= 15 is 0 Å². The van der Waals surface area contributed by atoms with Crippen LogP contribution in [0.2, 0.25) is 0 Å². The van der Waals surface area contributed by atoms with Crippen LogP contribution in [0.15, 0.2) is 40.1 Å². The van der Waals surface area contributed by atoms with Crippen molar-refractivity contribution < 1.29 is 13.6 Å². The molecule has 0 saturated heterocycles. The minimum Gasteiger partial charge on any atom is -0.361 e. The van der Waals surface area contributed by atoms with E-state index in [4.69, 9.17) is 0 Å². The maximum Gasteiger partial charge on any atom is 0.161 e. The number of carbonyl (C=O) groups is 1. The van der Waals surface area contributed by atoms with Gasteiger partial charge in [-0.2, -0.15) is 0 Å². The SMILES string of the molecule is O=C1CCCC2=C1C(c1ccc(F)c(F)c1)C1=C(CCS1)N2. The number of nitrogens with one attached hydrogen (secondary N) is 1. The number of Topliss-reactive ketones (excluding diaryl/α,β-unsaturated/α-hetero) is 1. The Bertz CT molecular complexity index is 738. The molecule has 3 aliphatic rings. The molecular weight excluding hydrogens is 304 g/mol. The predicted octanol–water partition coefficient (Wildman–Crippen LogP) is 4.01. The van der Waals surface area contributed by atoms with E-state index in [-0.39, 0.29) is 11.7 Å². The summed E-state index contributed by atoms with van der Waals surface area (Å²) >= 11 is 1.71. The number of halogens is 2. The largest absolute Gasteiger partial charge is 0.361 e. The zero-order valence-electron chi connectivity index (χ0n) is 11.9. The molecule has 1 unspecified atom stereocenters. The Hall–Kier alpha value is -1.62. The first kappa shape index (κ1) is 14.0. The van der Waals surface area contributed by atoms with Gasteiger partial charge in [0.05, 0.1) is 0 Å². The van der Waals surface area contributed by atoms with Crippen molar-refractivity contribution in [3.63, 3.8) is 0 Å². The number of benzene rings is 1. The fraction of sp³-hybridized carbons (Fsp3) is 0.353. The summed E-state index contributed by atoms with van der Waals surface area (Å²) in [6, 6.07) is 3.99. The zero-order chi connectivity index (χ0) is 15.3. The lowest BCUT2D eigenvalue weighted by Gasteiger charge is -2.33. The van der Waals surface area contributed by atoms with Gasteiger partial charge in [0.15, 0.2) is 17.4 Å². The predicted molar refractivity (Wildman–Crippen MR) is 82.2 cm³/mol. The lowest BCUT2D eigenvalue weighted by atomic mass is 9.79. The van der Waals surface area contributed by atoms with E-state index in [1.165, 1.54) is 6.07 Å². The van der Waals surface area contributed by atoms with E-state index < -0.39 is 11.6 Å². The molecule has 1 aromatic rings. The molecule has 0 bridgehead atoms. The smallest absolute Gasteiger partial charge is 0.161 e. The van der Waals surface area contributed by atoms with Crippen molar-refractivity contribution in [2.24, 2.45) is 0 Å². The van der Waals surface area contributed by atoms with E-state index in [0.29, 0.717) is 12.0 Å². The van der Waals surface area contributed by atoms with Gasteiger partial charge in [-0.25, -0.2) is 8.78 Å². The number of dihydropyridines is 1. The minimum atomic E-state index is -0.855. The molecule has 1 N–H and O–H groups in total. The Kier molecular flexibility index (Phi) is 3.33. The summed E-state index contributed by atoms with van der Waals surface area (Å²) in [4.78, 5) is 13.6. The molecule has 1 aliphatic carbocycles. The van der Waals surface area contributed by atoms with Crippen molar-refractivity contribution in [2.45, 2.75) is 31.6 Å². The average molecular weight is 319 g/mol. The molecule has 0 aromatic heterocycles. The van der Waals surface area contributed by atoms with Gasteiger partial charge in [-0.3, -0.25) is 4.79 Å². The third-order valence-corrected chi connectivity index (χ3v) is 5.69. The lowest BCUT2D eigenvalue weighted by molar-refractivity contribution is -0.116. The van der Waals surface area contributed by atoms with Gasteiger partial charge in [0.1, 0.15) is 0 Å². The summed E-state index contributed by atoms with van der Waals surface area (Å²) in [5, 5.41) is 3.42. The quantitative estimate of drug-likeness (QED) is 0.848. The number of allylic oxidation sites excluding steroid dienone is 4. The first-order valence-electron chi connectivity index (χ1n) is 7.49. The molecule has 0 radical (unpaired) electrons. The number of thioether (sulfide) groups is 1. The fourth-order valence-electron chi connectivity index (χ4n) is 3.51. The Morgan fingerprint density at radius 2 is 1.95 bits per heavy atom. The van der Waals surface area contributed by atoms with Crippen molar-refractivity contribution >= 4 is 17.5 Å². The van der Waals surface area contributed by atoms with Gasteiger partial charge in [-0.05, 0) is 37.0 Å². The molecule has 4 rings (SSSR count). The Balaban J connectivity index is 1.87. The summed E-state index contributed by atoms with van der Waals surface area (Å²) < 4.78 is 26.9. The molecule has 2 heterocycles. The lowest BCUT2D eigenvalue weighted by Crippen LogP contribution is -2.30. The maximum absolute atomic E-state index is 13.7. The second-order valence-electron chi connectivity index (χ2n) is 5.84. The second kappa shape index (κ2) is 5.23. The van der Waals surface area contributed by atoms with Gasteiger partial charge in [-0.1, -0.05) is 6.07 Å². The monoisotopic (exact) mass is 319 g/mol. The van der Waals surface area contributed by atoms with E-state index in [0.717, 1.165) is 53.0 Å². The normalized spacial score (nSPS) is 24.3. The van der Waals surface area contributed by atoms with Crippen LogP contribution in [0, 0.1) is 11.6 Å². The van der Waals surface area contributed by atoms with Gasteiger partial charge < -0.3 is 5.32 Å². The molecule has 2 nitrogen and oxygen atoms in total. The molecule has 114 valence electrons. The van der Waals surface area contributed by atoms with Crippen LogP contribution >= 0.6 is 11.8 Å². The number of ketones is 1. The average Bonchev–Trinajstić information content (AvgIpc) is 2.96. The van der Waals surface area contributed by atoms with Crippen molar-refractivity contribution in [1.82, 2.24) is 5.32 Å². The van der Waals surface area contributed by atoms with E-state index in [1.807, 2.05) is 0 Å². The van der Waals surface area contributed by atoms with Crippen LogP contribution in [0.1, 0.15) is 37.2 Å². The second-order valence-corrected chi connectivity index (χ2v) is 6.98. The molecule has 22 heavy (non-hydrogen) atoms. The van der Waals surface area contributed by atoms with E-state index in [9.17, 15) is 13.6 Å². The highest BCUT2D eigenvalue weighted by Crippen LogP contribution is 2.49.